The third-order valence-corrected chi connectivity index (χ3v) is 3.58. The summed E-state index contributed by atoms with van der Waals surface area (Å²) in [7, 11) is 1.31. The normalized spacial score (nSPS) is 10.2. The zero-order valence-electron chi connectivity index (χ0n) is 13.1. The van der Waals surface area contributed by atoms with Crippen LogP contribution in [0.2, 0.25) is 0 Å². The highest BCUT2D eigenvalue weighted by atomic mass is 16.5. The molecule has 0 amide bonds. The minimum atomic E-state index is -0.642. The summed E-state index contributed by atoms with van der Waals surface area (Å²) in [5.41, 5.74) is -0.463. The van der Waals surface area contributed by atoms with Crippen molar-refractivity contribution in [2.24, 2.45) is 7.05 Å². The van der Waals surface area contributed by atoms with Crippen molar-refractivity contribution in [3.8, 4) is 17.7 Å². The van der Waals surface area contributed by atoms with Crippen molar-refractivity contribution in [3.63, 3.8) is 0 Å². The van der Waals surface area contributed by atoms with E-state index in [1.54, 1.807) is 37.3 Å². The van der Waals surface area contributed by atoms with Gasteiger partial charge in [-0.2, -0.15) is 5.26 Å². The molecule has 6 heteroatoms. The van der Waals surface area contributed by atoms with E-state index in [1.807, 2.05) is 0 Å². The second kappa shape index (κ2) is 6.36. The van der Waals surface area contributed by atoms with E-state index in [2.05, 4.69) is 0 Å². The number of nitriles is 1. The zero-order chi connectivity index (χ0) is 17.1. The highest BCUT2D eigenvalue weighted by Crippen LogP contribution is 2.28. The molecule has 0 atom stereocenters. The molecule has 0 unspecified atom stereocenters. The van der Waals surface area contributed by atoms with Crippen LogP contribution < -0.4 is 10.3 Å². The summed E-state index contributed by atoms with van der Waals surface area (Å²) in [6.07, 6.45) is 0. The maximum atomic E-state index is 12.9. The topological polar surface area (TPSA) is 92.3 Å². The molecule has 0 saturated carbocycles. The first-order chi connectivity index (χ1) is 10.9. The molecule has 0 bridgehead atoms. The minimum absolute atomic E-state index is 0.0733. The largest absolute Gasteiger partial charge is 0.494 e. The summed E-state index contributed by atoms with van der Waals surface area (Å²) in [6, 6.07) is 8.42. The number of carbonyl (C=O) groups is 1. The summed E-state index contributed by atoms with van der Waals surface area (Å²) < 4.78 is 6.32. The van der Waals surface area contributed by atoms with E-state index in [-0.39, 0.29) is 22.3 Å². The predicted octanol–water partition coefficient (Wildman–Crippen LogP) is 1.90. The number of carbonyl (C=O) groups excluding carboxylic acids is 1. The number of benzene rings is 1. The van der Waals surface area contributed by atoms with Gasteiger partial charge in [-0.15, -0.1) is 0 Å². The smallest absolute Gasteiger partial charge is 0.271 e. The summed E-state index contributed by atoms with van der Waals surface area (Å²) in [5.74, 6) is -0.592. The fraction of sp³-hybridized carbons (Fsp3) is 0.235. The van der Waals surface area contributed by atoms with Crippen LogP contribution in [0.5, 0.6) is 11.6 Å². The third kappa shape index (κ3) is 2.69. The number of nitrogens with zero attached hydrogens (tertiary/aromatic N) is 2. The van der Waals surface area contributed by atoms with Crippen molar-refractivity contribution in [2.45, 2.75) is 13.8 Å². The van der Waals surface area contributed by atoms with E-state index in [1.165, 1.54) is 14.0 Å². The number of aromatic nitrogens is 1. The van der Waals surface area contributed by atoms with Gasteiger partial charge in [0.2, 0.25) is 11.7 Å². The average Bonchev–Trinajstić information content (AvgIpc) is 2.54. The van der Waals surface area contributed by atoms with Gasteiger partial charge in [-0.1, -0.05) is 12.1 Å². The molecule has 1 aromatic carbocycles. The number of hydrogen-bond acceptors (Lipinski definition) is 5. The van der Waals surface area contributed by atoms with Crippen molar-refractivity contribution in [2.75, 3.05) is 6.61 Å². The van der Waals surface area contributed by atoms with E-state index in [9.17, 15) is 14.7 Å². The molecule has 1 N–H and O–H groups in total. The van der Waals surface area contributed by atoms with Crippen LogP contribution in [-0.4, -0.2) is 22.1 Å². The average molecular weight is 312 g/mol. The maximum absolute atomic E-state index is 12.9. The van der Waals surface area contributed by atoms with Gasteiger partial charge < -0.3 is 9.84 Å². The number of aromatic hydroxyl groups is 1. The van der Waals surface area contributed by atoms with Crippen LogP contribution >= 0.6 is 0 Å². The van der Waals surface area contributed by atoms with Gasteiger partial charge in [-0.25, -0.2) is 0 Å². The van der Waals surface area contributed by atoms with E-state index in [0.29, 0.717) is 12.4 Å². The Labute approximate surface area is 133 Å². The third-order valence-electron chi connectivity index (χ3n) is 3.58. The van der Waals surface area contributed by atoms with Gasteiger partial charge in [0.25, 0.3) is 5.56 Å². The molecular weight excluding hydrogens is 296 g/mol. The van der Waals surface area contributed by atoms with E-state index < -0.39 is 17.2 Å². The van der Waals surface area contributed by atoms with Gasteiger partial charge in [0.05, 0.1) is 17.7 Å². The Hall–Kier alpha value is -3.07. The monoisotopic (exact) mass is 312 g/mol. The van der Waals surface area contributed by atoms with Crippen LogP contribution in [0.4, 0.5) is 0 Å². The molecule has 6 nitrogen and oxygen atoms in total. The fourth-order valence-electron chi connectivity index (χ4n) is 2.36. The summed E-state index contributed by atoms with van der Waals surface area (Å²) in [4.78, 5) is 24.8. The van der Waals surface area contributed by atoms with Gasteiger partial charge in [0.15, 0.2) is 0 Å². The van der Waals surface area contributed by atoms with E-state index >= 15 is 0 Å². The van der Waals surface area contributed by atoms with Crippen molar-refractivity contribution < 1.29 is 14.6 Å². The second-order valence-electron chi connectivity index (χ2n) is 4.93. The molecule has 23 heavy (non-hydrogen) atoms. The number of para-hydroxylation sites is 1. The number of hydrogen-bond donors (Lipinski definition) is 1. The Morgan fingerprint density at radius 2 is 2.04 bits per heavy atom. The Morgan fingerprint density at radius 3 is 2.65 bits per heavy atom. The molecule has 0 aliphatic carbocycles. The van der Waals surface area contributed by atoms with Gasteiger partial charge in [0.1, 0.15) is 17.4 Å². The molecule has 1 aromatic heterocycles. The molecule has 0 spiro atoms. The Kier molecular flexibility index (Phi) is 4.51. The first-order valence-electron chi connectivity index (χ1n) is 7.03. The van der Waals surface area contributed by atoms with Gasteiger partial charge in [-0.05, 0) is 31.5 Å². The standard InChI is InChI=1S/C17H16N2O4/c1-4-23-13-8-6-5-7-11(13)15(20)14-10(2)12(9-18)16(21)19(3)17(14)22/h5-8,22H,4H2,1-3H3. The van der Waals surface area contributed by atoms with E-state index in [4.69, 9.17) is 10.00 Å². The highest BCUT2D eigenvalue weighted by molar-refractivity contribution is 6.13. The number of pyridine rings is 1. The maximum Gasteiger partial charge on any atom is 0.271 e. The summed E-state index contributed by atoms with van der Waals surface area (Å²) in [5, 5.41) is 19.4. The first-order valence-corrected chi connectivity index (χ1v) is 7.03. The number of ether oxygens (including phenoxy) is 1. The van der Waals surface area contributed by atoms with Gasteiger partial charge in [0, 0.05) is 7.05 Å². The fourth-order valence-corrected chi connectivity index (χ4v) is 2.36. The minimum Gasteiger partial charge on any atom is -0.494 e. The SMILES string of the molecule is CCOc1ccccc1C(=O)c1c(C)c(C#N)c(=O)n(C)c1O. The second-order valence-corrected chi connectivity index (χ2v) is 4.93. The van der Waals surface area contributed by atoms with Crippen molar-refractivity contribution in [1.29, 1.82) is 5.26 Å². The quantitative estimate of drug-likeness (QED) is 0.870. The molecule has 118 valence electrons. The van der Waals surface area contributed by atoms with Crippen molar-refractivity contribution >= 4 is 5.78 Å². The van der Waals surface area contributed by atoms with Crippen LogP contribution in [0, 0.1) is 18.3 Å². The lowest BCUT2D eigenvalue weighted by Crippen LogP contribution is -2.24. The molecule has 0 aliphatic rings. The predicted molar refractivity (Wildman–Crippen MR) is 83.8 cm³/mol. The van der Waals surface area contributed by atoms with Crippen LogP contribution in [0.1, 0.15) is 34.0 Å². The highest BCUT2D eigenvalue weighted by Gasteiger charge is 2.25. The van der Waals surface area contributed by atoms with Gasteiger partial charge in [-0.3, -0.25) is 14.2 Å². The Balaban J connectivity index is 2.74. The van der Waals surface area contributed by atoms with Gasteiger partial charge >= 0.3 is 0 Å². The van der Waals surface area contributed by atoms with Crippen LogP contribution in [-0.2, 0) is 7.05 Å². The number of ketones is 1. The van der Waals surface area contributed by atoms with E-state index in [0.717, 1.165) is 4.57 Å². The first kappa shape index (κ1) is 16.3. The molecule has 0 radical (unpaired) electrons. The lowest BCUT2D eigenvalue weighted by Gasteiger charge is -2.14. The van der Waals surface area contributed by atoms with Crippen LogP contribution in [0.15, 0.2) is 29.1 Å². The molecule has 0 saturated heterocycles. The molecule has 2 aromatic rings. The van der Waals surface area contributed by atoms with Crippen molar-refractivity contribution in [3.05, 3.63) is 56.9 Å². The molecular formula is C17H16N2O4. The zero-order valence-corrected chi connectivity index (χ0v) is 13.1. The lowest BCUT2D eigenvalue weighted by atomic mass is 9.97. The Morgan fingerprint density at radius 1 is 1.39 bits per heavy atom. The molecule has 1 heterocycles. The molecule has 0 aliphatic heterocycles. The molecule has 2 rings (SSSR count). The lowest BCUT2D eigenvalue weighted by molar-refractivity contribution is 0.103. The van der Waals surface area contributed by atoms with Crippen molar-refractivity contribution in [1.82, 2.24) is 4.57 Å². The number of rotatable bonds is 4. The summed E-state index contributed by atoms with van der Waals surface area (Å²) >= 11 is 0. The Bertz CT molecular complexity index is 875. The van der Waals surface area contributed by atoms with Crippen LogP contribution in [0.25, 0.3) is 0 Å². The molecule has 0 fully saturated rings. The van der Waals surface area contributed by atoms with Crippen LogP contribution in [0.3, 0.4) is 0 Å². The summed E-state index contributed by atoms with van der Waals surface area (Å²) in [6.45, 7) is 3.65.